The van der Waals surface area contributed by atoms with E-state index in [4.69, 9.17) is 11.6 Å². The molecule has 2 atom stereocenters. The number of nitrogens with one attached hydrogen (secondary N) is 1. The van der Waals surface area contributed by atoms with Gasteiger partial charge in [-0.3, -0.25) is 0 Å². The van der Waals surface area contributed by atoms with Crippen LogP contribution in [0, 0.1) is 17.7 Å². The van der Waals surface area contributed by atoms with Gasteiger partial charge in [0.1, 0.15) is 5.82 Å². The maximum absolute atomic E-state index is 13.7. The molecule has 1 N–H and O–H groups in total. The minimum absolute atomic E-state index is 0.213. The Hall–Kier alpha value is -0.760. The van der Waals surface area contributed by atoms with Crippen LogP contribution in [-0.2, 0) is 0 Å². The van der Waals surface area contributed by atoms with Crippen LogP contribution < -0.4 is 5.32 Å². The van der Waals surface area contributed by atoms with Crippen LogP contribution in [0.4, 0.5) is 10.1 Å². The fourth-order valence-electron chi connectivity index (χ4n) is 3.13. The standard InChI is InChI=1S/C16H23ClFN/c1-11(2)8-12-4-3-5-14(9-12)19-16-10-13(17)6-7-15(16)18/h6-7,10-12,14,19H,3-5,8-9H2,1-2H3. The molecule has 106 valence electrons. The highest BCUT2D eigenvalue weighted by atomic mass is 35.5. The lowest BCUT2D eigenvalue weighted by atomic mass is 9.81. The maximum Gasteiger partial charge on any atom is 0.146 e. The van der Waals surface area contributed by atoms with E-state index < -0.39 is 0 Å². The molecule has 0 amide bonds. The van der Waals surface area contributed by atoms with Crippen LogP contribution in [0.25, 0.3) is 0 Å². The lowest BCUT2D eigenvalue weighted by Crippen LogP contribution is -2.28. The van der Waals surface area contributed by atoms with Crippen molar-refractivity contribution in [1.82, 2.24) is 0 Å². The van der Waals surface area contributed by atoms with E-state index in [9.17, 15) is 4.39 Å². The van der Waals surface area contributed by atoms with Crippen molar-refractivity contribution in [2.45, 2.75) is 52.0 Å². The van der Waals surface area contributed by atoms with Crippen molar-refractivity contribution in [2.75, 3.05) is 5.32 Å². The van der Waals surface area contributed by atoms with Gasteiger partial charge in [-0.1, -0.05) is 38.3 Å². The smallest absolute Gasteiger partial charge is 0.146 e. The third-order valence-electron chi connectivity index (χ3n) is 3.88. The lowest BCUT2D eigenvalue weighted by molar-refractivity contribution is 0.288. The van der Waals surface area contributed by atoms with E-state index in [1.54, 1.807) is 12.1 Å². The second-order valence-corrected chi connectivity index (χ2v) is 6.56. The highest BCUT2D eigenvalue weighted by Gasteiger charge is 2.23. The molecule has 1 nitrogen and oxygen atoms in total. The summed E-state index contributed by atoms with van der Waals surface area (Å²) in [5, 5.41) is 3.92. The van der Waals surface area contributed by atoms with Crippen LogP contribution >= 0.6 is 11.6 Å². The number of anilines is 1. The van der Waals surface area contributed by atoms with Crippen molar-refractivity contribution < 1.29 is 4.39 Å². The molecule has 0 aliphatic heterocycles. The Morgan fingerprint density at radius 2 is 2.16 bits per heavy atom. The highest BCUT2D eigenvalue weighted by Crippen LogP contribution is 2.32. The van der Waals surface area contributed by atoms with Crippen molar-refractivity contribution in [2.24, 2.45) is 11.8 Å². The summed E-state index contributed by atoms with van der Waals surface area (Å²) in [4.78, 5) is 0. The molecule has 0 spiro atoms. The van der Waals surface area contributed by atoms with E-state index in [1.165, 1.54) is 25.3 Å². The van der Waals surface area contributed by atoms with Crippen molar-refractivity contribution >= 4 is 17.3 Å². The normalized spacial score (nSPS) is 23.6. The minimum Gasteiger partial charge on any atom is -0.380 e. The zero-order valence-electron chi connectivity index (χ0n) is 11.8. The molecule has 1 aliphatic carbocycles. The molecule has 2 rings (SSSR count). The van der Waals surface area contributed by atoms with E-state index in [0.29, 0.717) is 16.8 Å². The fourth-order valence-corrected chi connectivity index (χ4v) is 3.30. The molecule has 1 aromatic rings. The van der Waals surface area contributed by atoms with Crippen LogP contribution in [-0.4, -0.2) is 6.04 Å². The molecule has 1 aliphatic rings. The van der Waals surface area contributed by atoms with E-state index in [2.05, 4.69) is 19.2 Å². The molecule has 19 heavy (non-hydrogen) atoms. The van der Waals surface area contributed by atoms with Crippen LogP contribution in [0.1, 0.15) is 46.0 Å². The monoisotopic (exact) mass is 283 g/mol. The van der Waals surface area contributed by atoms with Gasteiger partial charge in [0.25, 0.3) is 0 Å². The average molecular weight is 284 g/mol. The summed E-state index contributed by atoms with van der Waals surface area (Å²) >= 11 is 5.93. The molecule has 0 heterocycles. The van der Waals surface area contributed by atoms with Gasteiger partial charge < -0.3 is 5.32 Å². The molecule has 1 fully saturated rings. The van der Waals surface area contributed by atoms with Gasteiger partial charge in [0.15, 0.2) is 0 Å². The van der Waals surface area contributed by atoms with Crippen molar-refractivity contribution in [3.63, 3.8) is 0 Å². The number of benzene rings is 1. The number of halogens is 2. The minimum atomic E-state index is -0.213. The Labute approximate surface area is 120 Å². The zero-order chi connectivity index (χ0) is 13.8. The summed E-state index contributed by atoms with van der Waals surface area (Å²) < 4.78 is 13.7. The molecule has 0 radical (unpaired) electrons. The Bertz CT molecular complexity index is 419. The second kappa shape index (κ2) is 6.60. The average Bonchev–Trinajstić information content (AvgIpc) is 2.33. The van der Waals surface area contributed by atoms with E-state index in [0.717, 1.165) is 24.7 Å². The van der Waals surface area contributed by atoms with Gasteiger partial charge in [-0.05, 0) is 49.3 Å². The van der Waals surface area contributed by atoms with Gasteiger partial charge in [0, 0.05) is 11.1 Å². The predicted molar refractivity (Wildman–Crippen MR) is 80.2 cm³/mol. The van der Waals surface area contributed by atoms with Gasteiger partial charge in [-0.2, -0.15) is 0 Å². The van der Waals surface area contributed by atoms with Gasteiger partial charge >= 0.3 is 0 Å². The quantitative estimate of drug-likeness (QED) is 0.770. The topological polar surface area (TPSA) is 12.0 Å². The summed E-state index contributed by atoms with van der Waals surface area (Å²) in [5.74, 6) is 1.30. The molecular formula is C16H23ClFN. The third-order valence-corrected chi connectivity index (χ3v) is 4.11. The van der Waals surface area contributed by atoms with Crippen molar-refractivity contribution in [3.8, 4) is 0 Å². The summed E-state index contributed by atoms with van der Waals surface area (Å²) in [6.45, 7) is 4.54. The SMILES string of the molecule is CC(C)CC1CCCC(Nc2cc(Cl)ccc2F)C1. The number of hydrogen-bond donors (Lipinski definition) is 1. The van der Waals surface area contributed by atoms with Gasteiger partial charge in [0.05, 0.1) is 5.69 Å². The van der Waals surface area contributed by atoms with E-state index >= 15 is 0 Å². The number of rotatable bonds is 4. The van der Waals surface area contributed by atoms with Crippen LogP contribution in [0.3, 0.4) is 0 Å². The largest absolute Gasteiger partial charge is 0.380 e. The lowest BCUT2D eigenvalue weighted by Gasteiger charge is -2.31. The van der Waals surface area contributed by atoms with Crippen LogP contribution in [0.2, 0.25) is 5.02 Å². The molecule has 1 saturated carbocycles. The van der Waals surface area contributed by atoms with Crippen molar-refractivity contribution in [3.05, 3.63) is 29.0 Å². The Morgan fingerprint density at radius 3 is 2.89 bits per heavy atom. The molecule has 0 bridgehead atoms. The Morgan fingerprint density at radius 1 is 1.37 bits per heavy atom. The van der Waals surface area contributed by atoms with Crippen LogP contribution in [0.15, 0.2) is 18.2 Å². The van der Waals surface area contributed by atoms with Gasteiger partial charge in [-0.15, -0.1) is 0 Å². The Kier molecular flexibility index (Phi) is 5.09. The van der Waals surface area contributed by atoms with Gasteiger partial charge in [-0.25, -0.2) is 4.39 Å². The summed E-state index contributed by atoms with van der Waals surface area (Å²) in [6.07, 6.45) is 6.09. The molecule has 2 unspecified atom stereocenters. The van der Waals surface area contributed by atoms with E-state index in [1.807, 2.05) is 0 Å². The maximum atomic E-state index is 13.7. The molecule has 1 aromatic carbocycles. The first-order chi connectivity index (χ1) is 9.04. The second-order valence-electron chi connectivity index (χ2n) is 6.13. The first-order valence-electron chi connectivity index (χ1n) is 7.26. The van der Waals surface area contributed by atoms with E-state index in [-0.39, 0.29) is 5.82 Å². The zero-order valence-corrected chi connectivity index (χ0v) is 12.5. The first-order valence-corrected chi connectivity index (χ1v) is 7.64. The van der Waals surface area contributed by atoms with Crippen molar-refractivity contribution in [1.29, 1.82) is 0 Å². The summed E-state index contributed by atoms with van der Waals surface area (Å²) in [7, 11) is 0. The predicted octanol–water partition coefficient (Wildman–Crippen LogP) is 5.50. The first kappa shape index (κ1) is 14.6. The van der Waals surface area contributed by atoms with Crippen LogP contribution in [0.5, 0.6) is 0 Å². The molecule has 0 saturated heterocycles. The number of hydrogen-bond acceptors (Lipinski definition) is 1. The third kappa shape index (κ3) is 4.38. The summed E-state index contributed by atoms with van der Waals surface area (Å²) in [5.41, 5.74) is 0.544. The molecular weight excluding hydrogens is 261 g/mol. The Balaban J connectivity index is 1.96. The van der Waals surface area contributed by atoms with Gasteiger partial charge in [0.2, 0.25) is 0 Å². The summed E-state index contributed by atoms with van der Waals surface area (Å²) in [6, 6.07) is 5.08. The highest BCUT2D eigenvalue weighted by molar-refractivity contribution is 6.30. The molecule has 0 aromatic heterocycles. The molecule has 3 heteroatoms. The fraction of sp³-hybridized carbons (Fsp3) is 0.625.